The molecule has 1 aromatic carbocycles. The van der Waals surface area contributed by atoms with Crippen LogP contribution in [-0.4, -0.2) is 30.0 Å². The molecule has 6 heteroatoms. The molecule has 19 heavy (non-hydrogen) atoms. The lowest BCUT2D eigenvalue weighted by Gasteiger charge is -2.09. The molecular formula is C13H13NO3S2. The highest BCUT2D eigenvalue weighted by Gasteiger charge is 2.22. The number of benzene rings is 1. The molecule has 0 saturated heterocycles. The van der Waals surface area contributed by atoms with Crippen molar-refractivity contribution in [1.29, 1.82) is 0 Å². The second-order valence-corrected chi connectivity index (χ2v) is 5.60. The van der Waals surface area contributed by atoms with E-state index in [4.69, 9.17) is 9.47 Å². The molecule has 1 aliphatic heterocycles. The fraction of sp³-hybridized carbons (Fsp3) is 0.231. The Kier molecular flexibility index (Phi) is 4.55. The molecule has 0 aromatic heterocycles. The predicted octanol–water partition coefficient (Wildman–Crippen LogP) is 3.04. The quantitative estimate of drug-likeness (QED) is 0.802. The maximum atomic E-state index is 11.8. The molecule has 0 radical (unpaired) electrons. The standard InChI is InChI=1S/C13H13NO3S2/c1-16-10-6-4-5-8(11(10)17-2)7-9-12(15)19-13(14-9)18-3/h4-7H,1-3H3. The molecule has 100 valence electrons. The van der Waals surface area contributed by atoms with E-state index >= 15 is 0 Å². The second kappa shape index (κ2) is 6.16. The summed E-state index contributed by atoms with van der Waals surface area (Å²) in [5.41, 5.74) is 1.21. The van der Waals surface area contributed by atoms with E-state index < -0.39 is 0 Å². The normalized spacial score (nSPS) is 16.7. The Labute approximate surface area is 120 Å². The first-order chi connectivity index (χ1) is 9.19. The molecule has 0 aliphatic carbocycles. The van der Waals surface area contributed by atoms with Gasteiger partial charge in [-0.05, 0) is 30.2 Å². The summed E-state index contributed by atoms with van der Waals surface area (Å²) in [6.45, 7) is 0. The van der Waals surface area contributed by atoms with Crippen molar-refractivity contribution in [2.24, 2.45) is 4.99 Å². The molecule has 1 aliphatic rings. The Balaban J connectivity index is 2.43. The first-order valence-corrected chi connectivity index (χ1v) is 7.51. The Morgan fingerprint density at radius 2 is 2.11 bits per heavy atom. The minimum atomic E-state index is -0.0470. The number of ether oxygens (including phenoxy) is 2. The monoisotopic (exact) mass is 295 g/mol. The van der Waals surface area contributed by atoms with Crippen LogP contribution >= 0.6 is 23.5 Å². The summed E-state index contributed by atoms with van der Waals surface area (Å²) in [6, 6.07) is 5.51. The van der Waals surface area contributed by atoms with E-state index in [1.54, 1.807) is 20.3 Å². The molecule has 0 saturated carbocycles. The summed E-state index contributed by atoms with van der Waals surface area (Å²) in [6.07, 6.45) is 3.62. The highest BCUT2D eigenvalue weighted by Crippen LogP contribution is 2.35. The summed E-state index contributed by atoms with van der Waals surface area (Å²) < 4.78 is 11.3. The van der Waals surface area contributed by atoms with Gasteiger partial charge in [-0.1, -0.05) is 12.1 Å². The van der Waals surface area contributed by atoms with Crippen LogP contribution in [0.2, 0.25) is 0 Å². The van der Waals surface area contributed by atoms with Gasteiger partial charge in [-0.2, -0.15) is 0 Å². The Morgan fingerprint density at radius 3 is 2.68 bits per heavy atom. The van der Waals surface area contributed by atoms with Crippen LogP contribution in [0.3, 0.4) is 0 Å². The van der Waals surface area contributed by atoms with E-state index in [9.17, 15) is 4.79 Å². The van der Waals surface area contributed by atoms with Crippen LogP contribution in [0.1, 0.15) is 5.56 Å². The van der Waals surface area contributed by atoms with Gasteiger partial charge in [-0.25, -0.2) is 4.99 Å². The van der Waals surface area contributed by atoms with Crippen LogP contribution in [0.5, 0.6) is 11.5 Å². The van der Waals surface area contributed by atoms with Crippen molar-refractivity contribution < 1.29 is 14.3 Å². The highest BCUT2D eigenvalue weighted by atomic mass is 32.2. The van der Waals surface area contributed by atoms with Gasteiger partial charge < -0.3 is 9.47 Å². The second-order valence-electron chi connectivity index (χ2n) is 3.58. The number of hydrogen-bond donors (Lipinski definition) is 0. The van der Waals surface area contributed by atoms with Crippen molar-refractivity contribution in [3.63, 3.8) is 0 Å². The van der Waals surface area contributed by atoms with Crippen LogP contribution in [-0.2, 0) is 4.79 Å². The summed E-state index contributed by atoms with van der Waals surface area (Å²) in [4.78, 5) is 16.1. The molecule has 2 rings (SSSR count). The fourth-order valence-electron chi connectivity index (χ4n) is 1.65. The number of aliphatic imine (C=N–C) groups is 1. The number of carbonyl (C=O) groups excluding carboxylic acids is 1. The maximum Gasteiger partial charge on any atom is 0.244 e. The number of nitrogens with zero attached hydrogens (tertiary/aromatic N) is 1. The van der Waals surface area contributed by atoms with Crippen LogP contribution in [0.25, 0.3) is 6.08 Å². The van der Waals surface area contributed by atoms with E-state index in [0.29, 0.717) is 17.2 Å². The van der Waals surface area contributed by atoms with E-state index in [2.05, 4.69) is 4.99 Å². The molecular weight excluding hydrogens is 282 g/mol. The minimum Gasteiger partial charge on any atom is -0.493 e. The van der Waals surface area contributed by atoms with E-state index in [1.165, 1.54) is 11.8 Å². The Bertz CT molecular complexity index is 567. The van der Waals surface area contributed by atoms with Crippen LogP contribution in [0.4, 0.5) is 0 Å². The number of carbonyl (C=O) groups is 1. The first-order valence-electron chi connectivity index (χ1n) is 5.47. The first kappa shape index (κ1) is 14.0. The molecule has 0 N–H and O–H groups in total. The lowest BCUT2D eigenvalue weighted by Crippen LogP contribution is -1.94. The van der Waals surface area contributed by atoms with Gasteiger partial charge in [0.1, 0.15) is 10.1 Å². The van der Waals surface area contributed by atoms with Crippen molar-refractivity contribution >= 4 is 39.1 Å². The summed E-state index contributed by atoms with van der Waals surface area (Å²) in [7, 11) is 3.15. The minimum absolute atomic E-state index is 0.0470. The maximum absolute atomic E-state index is 11.8. The van der Waals surface area contributed by atoms with Gasteiger partial charge in [-0.15, -0.1) is 11.8 Å². The van der Waals surface area contributed by atoms with Gasteiger partial charge in [0.2, 0.25) is 5.12 Å². The third kappa shape index (κ3) is 2.96. The van der Waals surface area contributed by atoms with E-state index in [0.717, 1.165) is 21.7 Å². The van der Waals surface area contributed by atoms with Gasteiger partial charge in [0, 0.05) is 5.56 Å². The molecule has 0 unspecified atom stereocenters. The number of para-hydroxylation sites is 1. The van der Waals surface area contributed by atoms with Gasteiger partial charge >= 0.3 is 0 Å². The number of thioether (sulfide) groups is 2. The van der Waals surface area contributed by atoms with Gasteiger partial charge in [-0.3, -0.25) is 4.79 Å². The van der Waals surface area contributed by atoms with Crippen molar-refractivity contribution in [1.82, 2.24) is 0 Å². The van der Waals surface area contributed by atoms with E-state index in [1.807, 2.05) is 24.5 Å². The Morgan fingerprint density at radius 1 is 1.32 bits per heavy atom. The van der Waals surface area contributed by atoms with Crippen LogP contribution < -0.4 is 9.47 Å². The third-order valence-electron chi connectivity index (χ3n) is 2.50. The molecule has 4 nitrogen and oxygen atoms in total. The molecule has 0 spiro atoms. The number of methoxy groups -OCH3 is 2. The average molecular weight is 295 g/mol. The van der Waals surface area contributed by atoms with Crippen LogP contribution in [0.15, 0.2) is 28.9 Å². The van der Waals surface area contributed by atoms with Gasteiger partial charge in [0.25, 0.3) is 0 Å². The average Bonchev–Trinajstić information content (AvgIpc) is 2.79. The highest BCUT2D eigenvalue weighted by molar-refractivity contribution is 8.45. The summed E-state index contributed by atoms with van der Waals surface area (Å²) in [5.74, 6) is 1.23. The van der Waals surface area contributed by atoms with Crippen molar-refractivity contribution in [3.8, 4) is 11.5 Å². The molecule has 0 bridgehead atoms. The number of rotatable bonds is 3. The molecule has 1 aromatic rings. The zero-order valence-corrected chi connectivity index (χ0v) is 12.4. The van der Waals surface area contributed by atoms with Gasteiger partial charge in [0.05, 0.1) is 14.2 Å². The van der Waals surface area contributed by atoms with Crippen molar-refractivity contribution in [3.05, 3.63) is 29.5 Å². The van der Waals surface area contributed by atoms with Gasteiger partial charge in [0.15, 0.2) is 11.5 Å². The SMILES string of the molecule is COc1cccc(C=C2N=C(SC)SC2=O)c1OC. The molecule has 0 amide bonds. The zero-order chi connectivity index (χ0) is 13.8. The molecule has 0 fully saturated rings. The fourth-order valence-corrected chi connectivity index (χ4v) is 2.91. The lowest BCUT2D eigenvalue weighted by atomic mass is 10.1. The van der Waals surface area contributed by atoms with Crippen molar-refractivity contribution in [2.75, 3.05) is 20.5 Å². The number of hydrogen-bond acceptors (Lipinski definition) is 6. The lowest BCUT2D eigenvalue weighted by molar-refractivity contribution is -0.107. The van der Waals surface area contributed by atoms with E-state index in [-0.39, 0.29) is 5.12 Å². The molecule has 0 atom stereocenters. The third-order valence-corrected chi connectivity index (χ3v) is 4.35. The summed E-state index contributed by atoms with van der Waals surface area (Å²) >= 11 is 2.61. The smallest absolute Gasteiger partial charge is 0.244 e. The summed E-state index contributed by atoms with van der Waals surface area (Å²) in [5, 5.41) is -0.0470. The largest absolute Gasteiger partial charge is 0.493 e. The van der Waals surface area contributed by atoms with Crippen LogP contribution in [0, 0.1) is 0 Å². The molecule has 1 heterocycles. The Hall–Kier alpha value is -1.40. The topological polar surface area (TPSA) is 47.9 Å². The zero-order valence-electron chi connectivity index (χ0n) is 10.8. The van der Waals surface area contributed by atoms with Crippen molar-refractivity contribution in [2.45, 2.75) is 0 Å². The predicted molar refractivity (Wildman–Crippen MR) is 81.1 cm³/mol.